The molecule has 0 amide bonds. The lowest BCUT2D eigenvalue weighted by atomic mass is 10.2. The lowest BCUT2D eigenvalue weighted by molar-refractivity contribution is 0.0637. The quantitative estimate of drug-likeness (QED) is 0.894. The van der Waals surface area contributed by atoms with Gasteiger partial charge in [-0.05, 0) is 13.0 Å². The fourth-order valence-electron chi connectivity index (χ4n) is 1.63. The smallest absolute Gasteiger partial charge is 0.102 e. The molecule has 1 aromatic rings. The van der Waals surface area contributed by atoms with Crippen LogP contribution in [0.5, 0.6) is 0 Å². The number of hydrogen-bond donors (Lipinski definition) is 1. The van der Waals surface area contributed by atoms with Crippen molar-refractivity contribution in [2.45, 2.75) is 19.0 Å². The number of thiophene rings is 1. The number of morpholine rings is 1. The van der Waals surface area contributed by atoms with Gasteiger partial charge in [0.15, 0.2) is 0 Å². The first-order valence-corrected chi connectivity index (χ1v) is 6.69. The predicted octanol–water partition coefficient (Wildman–Crippen LogP) is 3.45. The maximum absolute atomic E-state index is 6.02. The molecule has 0 bridgehead atoms. The van der Waals surface area contributed by atoms with Gasteiger partial charge >= 0.3 is 0 Å². The maximum Gasteiger partial charge on any atom is 0.102 e. The molecule has 1 fully saturated rings. The number of halogens is 2. The minimum atomic E-state index is 0.249. The molecule has 0 aromatic carbocycles. The van der Waals surface area contributed by atoms with Gasteiger partial charge in [-0.15, -0.1) is 11.3 Å². The fourth-order valence-corrected chi connectivity index (χ4v) is 3.07. The molecule has 0 saturated carbocycles. The molecule has 1 saturated heterocycles. The number of nitrogens with one attached hydrogen (secondary N) is 1. The Hall–Kier alpha value is -0.0600. The summed E-state index contributed by atoms with van der Waals surface area (Å²) in [5, 5.41) is 3.43. The van der Waals surface area contributed by atoms with E-state index in [9.17, 15) is 0 Å². The molecule has 2 atom stereocenters. The van der Waals surface area contributed by atoms with E-state index in [1.54, 1.807) is 0 Å². The number of rotatable bonds is 2. The number of ether oxygens (including phenoxy) is 1. The second kappa shape index (κ2) is 5.52. The van der Waals surface area contributed by atoms with Gasteiger partial charge < -0.3 is 10.1 Å². The summed E-state index contributed by atoms with van der Waals surface area (Å²) in [5.41, 5.74) is 0.969. The van der Waals surface area contributed by atoms with Crippen molar-refractivity contribution < 1.29 is 4.74 Å². The van der Waals surface area contributed by atoms with Crippen LogP contribution in [0, 0.1) is 0 Å². The van der Waals surface area contributed by atoms with Gasteiger partial charge in [0, 0.05) is 17.6 Å². The first-order chi connectivity index (χ1) is 7.65. The molecule has 1 aromatic heterocycles. The van der Waals surface area contributed by atoms with Crippen LogP contribution >= 0.6 is 34.5 Å². The van der Waals surface area contributed by atoms with Crippen LogP contribution in [0.15, 0.2) is 12.1 Å². The van der Waals surface area contributed by atoms with Crippen LogP contribution in [0.3, 0.4) is 0 Å². The maximum atomic E-state index is 6.02. The van der Waals surface area contributed by atoms with Crippen molar-refractivity contribution in [1.29, 1.82) is 0 Å². The summed E-state index contributed by atoms with van der Waals surface area (Å²) in [7, 11) is 0. The molecule has 2 heterocycles. The molecule has 2 nitrogen and oxygen atoms in total. The molecule has 2 rings (SSSR count). The zero-order valence-corrected chi connectivity index (χ0v) is 11.2. The average molecular weight is 278 g/mol. The zero-order valence-electron chi connectivity index (χ0n) is 8.87. The Bertz CT molecular complexity index is 391. The third-order valence-electron chi connectivity index (χ3n) is 2.35. The van der Waals surface area contributed by atoms with Crippen LogP contribution in [0.25, 0.3) is 6.08 Å². The van der Waals surface area contributed by atoms with E-state index in [-0.39, 0.29) is 6.04 Å². The summed E-state index contributed by atoms with van der Waals surface area (Å²) in [4.78, 5) is 0. The summed E-state index contributed by atoms with van der Waals surface area (Å²) in [6.07, 6.45) is 4.06. The largest absolute Gasteiger partial charge is 0.378 e. The molecule has 5 heteroatoms. The van der Waals surface area contributed by atoms with Crippen LogP contribution in [0.4, 0.5) is 0 Å². The first-order valence-electron chi connectivity index (χ1n) is 5.12. The molecule has 88 valence electrons. The predicted molar refractivity (Wildman–Crippen MR) is 70.6 cm³/mol. The van der Waals surface area contributed by atoms with Crippen LogP contribution in [0.2, 0.25) is 8.67 Å². The van der Waals surface area contributed by atoms with Gasteiger partial charge in [-0.3, -0.25) is 0 Å². The van der Waals surface area contributed by atoms with Crippen molar-refractivity contribution in [2.24, 2.45) is 0 Å². The molecule has 0 aliphatic carbocycles. The van der Waals surface area contributed by atoms with Crippen molar-refractivity contribution in [3.8, 4) is 0 Å². The summed E-state index contributed by atoms with van der Waals surface area (Å²) in [5.74, 6) is 0. The van der Waals surface area contributed by atoms with Gasteiger partial charge in [-0.1, -0.05) is 35.4 Å². The minimum Gasteiger partial charge on any atom is -0.378 e. The van der Waals surface area contributed by atoms with Gasteiger partial charge in [-0.2, -0.15) is 0 Å². The Balaban J connectivity index is 2.00. The summed E-state index contributed by atoms with van der Waals surface area (Å²) in [6, 6.07) is 2.52. The van der Waals surface area contributed by atoms with Crippen molar-refractivity contribution in [3.05, 3.63) is 26.4 Å². The third-order valence-corrected chi connectivity index (χ3v) is 3.87. The fraction of sp³-hybridized carbons (Fsp3) is 0.455. The second-order valence-corrected chi connectivity index (χ2v) is 6.14. The Morgan fingerprint density at radius 3 is 2.94 bits per heavy atom. The standard InChI is InChI=1S/C11H13Cl2NOS/c1-7-5-15-6-9(14-7)3-2-8-4-10(12)16-11(8)13/h2-4,7,9,14H,5-6H2,1H3/b3-2+. The van der Waals surface area contributed by atoms with Gasteiger partial charge in [0.1, 0.15) is 4.34 Å². The van der Waals surface area contributed by atoms with Crippen LogP contribution < -0.4 is 5.32 Å². The second-order valence-electron chi connectivity index (χ2n) is 3.85. The topological polar surface area (TPSA) is 21.3 Å². The average Bonchev–Trinajstić information content (AvgIpc) is 2.54. The first kappa shape index (κ1) is 12.4. The van der Waals surface area contributed by atoms with Crippen LogP contribution in [-0.4, -0.2) is 25.3 Å². The van der Waals surface area contributed by atoms with Crippen molar-refractivity contribution >= 4 is 40.6 Å². The molecular weight excluding hydrogens is 265 g/mol. The van der Waals surface area contributed by atoms with Gasteiger partial charge in [0.25, 0.3) is 0 Å². The highest BCUT2D eigenvalue weighted by atomic mass is 35.5. The summed E-state index contributed by atoms with van der Waals surface area (Å²) < 4.78 is 6.89. The minimum absolute atomic E-state index is 0.249. The van der Waals surface area contributed by atoms with E-state index in [0.717, 1.165) is 16.5 Å². The Kier molecular flexibility index (Phi) is 4.27. The van der Waals surface area contributed by atoms with Gasteiger partial charge in [0.2, 0.25) is 0 Å². The van der Waals surface area contributed by atoms with Gasteiger partial charge in [0.05, 0.1) is 17.6 Å². The van der Waals surface area contributed by atoms with Crippen LogP contribution in [0.1, 0.15) is 12.5 Å². The lowest BCUT2D eigenvalue weighted by Crippen LogP contribution is -2.46. The number of hydrogen-bond acceptors (Lipinski definition) is 3. The summed E-state index contributed by atoms with van der Waals surface area (Å²) in [6.45, 7) is 3.58. The molecule has 0 radical (unpaired) electrons. The van der Waals surface area contributed by atoms with Crippen LogP contribution in [-0.2, 0) is 4.74 Å². The Morgan fingerprint density at radius 1 is 1.50 bits per heavy atom. The Labute approximate surface area is 109 Å². The molecule has 1 N–H and O–H groups in total. The van der Waals surface area contributed by atoms with E-state index in [1.165, 1.54) is 11.3 Å². The molecule has 1 aliphatic heterocycles. The molecule has 16 heavy (non-hydrogen) atoms. The molecular formula is C11H13Cl2NOS. The zero-order chi connectivity index (χ0) is 11.5. The van der Waals surface area contributed by atoms with Crippen molar-refractivity contribution in [3.63, 3.8) is 0 Å². The third kappa shape index (κ3) is 3.22. The highest BCUT2D eigenvalue weighted by Crippen LogP contribution is 2.32. The van der Waals surface area contributed by atoms with E-state index in [2.05, 4.69) is 18.3 Å². The molecule has 1 aliphatic rings. The van der Waals surface area contributed by atoms with Crippen molar-refractivity contribution in [1.82, 2.24) is 5.32 Å². The highest BCUT2D eigenvalue weighted by Gasteiger charge is 2.15. The molecule has 0 spiro atoms. The van der Waals surface area contributed by atoms with E-state index in [4.69, 9.17) is 27.9 Å². The normalized spacial score (nSPS) is 26.4. The SMILES string of the molecule is CC1COCC(/C=C/c2cc(Cl)sc2Cl)N1. The molecule has 2 unspecified atom stereocenters. The van der Waals surface area contributed by atoms with Crippen molar-refractivity contribution in [2.75, 3.05) is 13.2 Å². The van der Waals surface area contributed by atoms with Gasteiger partial charge in [-0.25, -0.2) is 0 Å². The lowest BCUT2D eigenvalue weighted by Gasteiger charge is -2.26. The van der Waals surface area contributed by atoms with E-state index in [1.807, 2.05) is 12.1 Å². The summed E-state index contributed by atoms with van der Waals surface area (Å²) >= 11 is 13.3. The van der Waals surface area contributed by atoms with E-state index in [0.29, 0.717) is 17.0 Å². The van der Waals surface area contributed by atoms with E-state index < -0.39 is 0 Å². The highest BCUT2D eigenvalue weighted by molar-refractivity contribution is 7.20. The monoisotopic (exact) mass is 277 g/mol. The Morgan fingerprint density at radius 2 is 2.31 bits per heavy atom. The van der Waals surface area contributed by atoms with E-state index >= 15 is 0 Å².